The number of nitrogens with one attached hydrogen (secondary N) is 2. The Morgan fingerprint density at radius 1 is 0.814 bits per heavy atom. The molecule has 0 aliphatic carbocycles. The third kappa shape index (κ3) is 6.60. The summed E-state index contributed by atoms with van der Waals surface area (Å²) in [5, 5.41) is 6.81. The molecule has 0 radical (unpaired) electrons. The molecule has 0 bridgehead atoms. The lowest BCUT2D eigenvalue weighted by atomic mass is 10.0. The first-order valence-corrected chi connectivity index (χ1v) is 13.9. The summed E-state index contributed by atoms with van der Waals surface area (Å²) in [5.74, 6) is -0.106. The van der Waals surface area contributed by atoms with Gasteiger partial charge in [0.15, 0.2) is 0 Å². The van der Waals surface area contributed by atoms with Crippen molar-refractivity contribution in [3.8, 4) is 11.1 Å². The second-order valence-electron chi connectivity index (χ2n) is 10.5. The SMILES string of the molecule is CN1CCN(c2ccc(Nc3ncc4cc(-c5ccc(NC(=O)c6cccc(C(F)(F)F)c6)cc5)ccc4n3)cc2)CC1. The average molecular weight is 583 g/mol. The number of likely N-dealkylation sites (N-methyl/N-ethyl adjacent to an activating group) is 1. The zero-order chi connectivity index (χ0) is 30.0. The fraction of sp³-hybridized carbons (Fsp3) is 0.182. The molecule has 4 aromatic carbocycles. The third-order valence-corrected chi connectivity index (χ3v) is 7.50. The van der Waals surface area contributed by atoms with Gasteiger partial charge in [-0.15, -0.1) is 0 Å². The van der Waals surface area contributed by atoms with Crippen LogP contribution in [-0.4, -0.2) is 54.0 Å². The van der Waals surface area contributed by atoms with Crippen molar-refractivity contribution in [2.75, 3.05) is 48.8 Å². The first-order valence-electron chi connectivity index (χ1n) is 13.9. The first-order chi connectivity index (χ1) is 20.7. The molecule has 7 nitrogen and oxygen atoms in total. The van der Waals surface area contributed by atoms with Gasteiger partial charge in [0.2, 0.25) is 5.95 Å². The van der Waals surface area contributed by atoms with Crippen LogP contribution in [0.15, 0.2) is 97.2 Å². The van der Waals surface area contributed by atoms with Gasteiger partial charge in [-0.1, -0.05) is 24.3 Å². The van der Waals surface area contributed by atoms with Crippen molar-refractivity contribution >= 4 is 39.8 Å². The van der Waals surface area contributed by atoms with Gasteiger partial charge in [-0.25, -0.2) is 9.97 Å². The van der Waals surface area contributed by atoms with Crippen LogP contribution >= 0.6 is 0 Å². The van der Waals surface area contributed by atoms with Crippen molar-refractivity contribution in [3.63, 3.8) is 0 Å². The Labute approximate surface area is 247 Å². The van der Waals surface area contributed by atoms with E-state index in [1.807, 2.05) is 42.5 Å². The molecule has 1 saturated heterocycles. The van der Waals surface area contributed by atoms with Crippen molar-refractivity contribution < 1.29 is 18.0 Å². The van der Waals surface area contributed by atoms with Crippen LogP contribution in [0, 0.1) is 0 Å². The molecular weight excluding hydrogens is 553 g/mol. The van der Waals surface area contributed by atoms with E-state index in [9.17, 15) is 18.0 Å². The highest BCUT2D eigenvalue weighted by atomic mass is 19.4. The molecule has 218 valence electrons. The second kappa shape index (κ2) is 11.7. The summed E-state index contributed by atoms with van der Waals surface area (Å²) in [7, 11) is 2.15. The molecule has 1 aromatic heterocycles. The Hall–Kier alpha value is -4.96. The Bertz CT molecular complexity index is 1750. The lowest BCUT2D eigenvalue weighted by Crippen LogP contribution is -2.44. The molecule has 43 heavy (non-hydrogen) atoms. The fourth-order valence-electron chi connectivity index (χ4n) is 5.01. The summed E-state index contributed by atoms with van der Waals surface area (Å²) >= 11 is 0. The summed E-state index contributed by atoms with van der Waals surface area (Å²) in [6, 6.07) is 25.6. The van der Waals surface area contributed by atoms with Gasteiger partial charge in [-0.05, 0) is 84.9 Å². The van der Waals surface area contributed by atoms with Crippen LogP contribution in [0.25, 0.3) is 22.0 Å². The van der Waals surface area contributed by atoms with E-state index >= 15 is 0 Å². The normalized spacial score (nSPS) is 14.1. The summed E-state index contributed by atoms with van der Waals surface area (Å²) < 4.78 is 39.0. The van der Waals surface area contributed by atoms with Crippen LogP contribution in [0.1, 0.15) is 15.9 Å². The number of alkyl halides is 3. The van der Waals surface area contributed by atoms with E-state index in [0.29, 0.717) is 11.6 Å². The Morgan fingerprint density at radius 3 is 2.23 bits per heavy atom. The molecule has 0 unspecified atom stereocenters. The molecule has 5 aromatic rings. The number of nitrogens with zero attached hydrogens (tertiary/aromatic N) is 4. The summed E-state index contributed by atoms with van der Waals surface area (Å²) in [5.41, 5.74) is 4.29. The number of fused-ring (bicyclic) bond motifs is 1. The van der Waals surface area contributed by atoms with E-state index in [1.165, 1.54) is 17.8 Å². The molecule has 10 heteroatoms. The maximum absolute atomic E-state index is 13.0. The molecule has 0 saturated carbocycles. The fourth-order valence-corrected chi connectivity index (χ4v) is 5.01. The van der Waals surface area contributed by atoms with Gasteiger partial charge >= 0.3 is 6.18 Å². The second-order valence-corrected chi connectivity index (χ2v) is 10.5. The molecule has 0 atom stereocenters. The minimum Gasteiger partial charge on any atom is -0.369 e. The number of rotatable bonds is 6. The topological polar surface area (TPSA) is 73.4 Å². The van der Waals surface area contributed by atoms with Crippen molar-refractivity contribution in [1.29, 1.82) is 0 Å². The minimum atomic E-state index is -4.52. The first kappa shape index (κ1) is 28.2. The van der Waals surface area contributed by atoms with E-state index in [4.69, 9.17) is 0 Å². The molecule has 0 spiro atoms. The smallest absolute Gasteiger partial charge is 0.369 e. The molecule has 1 aliphatic heterocycles. The largest absolute Gasteiger partial charge is 0.416 e. The zero-order valence-corrected chi connectivity index (χ0v) is 23.4. The predicted molar refractivity (Wildman–Crippen MR) is 164 cm³/mol. The van der Waals surface area contributed by atoms with Crippen LogP contribution in [0.3, 0.4) is 0 Å². The number of benzene rings is 4. The quantitative estimate of drug-likeness (QED) is 0.223. The number of aromatic nitrogens is 2. The number of amides is 1. The number of halogens is 3. The van der Waals surface area contributed by atoms with Crippen molar-refractivity contribution in [1.82, 2.24) is 14.9 Å². The summed E-state index contributed by atoms with van der Waals surface area (Å²) in [4.78, 5) is 26.4. The van der Waals surface area contributed by atoms with E-state index < -0.39 is 17.6 Å². The Kier molecular flexibility index (Phi) is 7.69. The number of carbonyl (C=O) groups is 1. The number of piperazine rings is 1. The van der Waals surface area contributed by atoms with Gasteiger partial charge in [0.1, 0.15) is 0 Å². The third-order valence-electron chi connectivity index (χ3n) is 7.50. The van der Waals surface area contributed by atoms with Crippen molar-refractivity contribution in [2.45, 2.75) is 6.18 Å². The van der Waals surface area contributed by atoms with E-state index in [-0.39, 0.29) is 5.56 Å². The molecule has 1 aliphatic rings. The number of hydrogen-bond acceptors (Lipinski definition) is 6. The minimum absolute atomic E-state index is 0.0649. The molecule has 6 rings (SSSR count). The molecule has 1 amide bonds. The maximum Gasteiger partial charge on any atom is 0.416 e. The molecular formula is C33H29F3N6O. The van der Waals surface area contributed by atoms with Crippen LogP contribution in [0.4, 0.5) is 36.2 Å². The van der Waals surface area contributed by atoms with Crippen LogP contribution < -0.4 is 15.5 Å². The van der Waals surface area contributed by atoms with Gasteiger partial charge in [0, 0.05) is 60.4 Å². The lowest BCUT2D eigenvalue weighted by molar-refractivity contribution is -0.137. The van der Waals surface area contributed by atoms with Crippen LogP contribution in [0.2, 0.25) is 0 Å². The van der Waals surface area contributed by atoms with Crippen molar-refractivity contribution in [3.05, 3.63) is 108 Å². The van der Waals surface area contributed by atoms with E-state index in [2.05, 4.69) is 49.6 Å². The summed E-state index contributed by atoms with van der Waals surface area (Å²) in [6.07, 6.45) is -2.74. The molecule has 2 N–H and O–H groups in total. The average Bonchev–Trinajstić information content (AvgIpc) is 3.02. The van der Waals surface area contributed by atoms with E-state index in [0.717, 1.165) is 66.0 Å². The van der Waals surface area contributed by atoms with Gasteiger partial charge < -0.3 is 20.4 Å². The number of carbonyl (C=O) groups excluding carboxylic acids is 1. The van der Waals surface area contributed by atoms with Crippen LogP contribution in [0.5, 0.6) is 0 Å². The summed E-state index contributed by atoms with van der Waals surface area (Å²) in [6.45, 7) is 4.15. The highest BCUT2D eigenvalue weighted by Gasteiger charge is 2.30. The molecule has 2 heterocycles. The standard InChI is InChI=1S/C33H29F3N6O/c1-41-15-17-42(18-16-41)29-12-10-28(11-13-29)39-32-37-21-25-19-23(7-14-30(25)40-32)22-5-8-27(9-6-22)38-31(43)24-3-2-4-26(20-24)33(34,35)36/h2-14,19-21H,15-18H2,1H3,(H,38,43)(H,37,39,40). The number of hydrogen-bond donors (Lipinski definition) is 2. The van der Waals surface area contributed by atoms with Crippen molar-refractivity contribution in [2.24, 2.45) is 0 Å². The lowest BCUT2D eigenvalue weighted by Gasteiger charge is -2.34. The van der Waals surface area contributed by atoms with Gasteiger partial charge in [0.05, 0.1) is 11.1 Å². The van der Waals surface area contributed by atoms with Crippen LogP contribution in [-0.2, 0) is 6.18 Å². The predicted octanol–water partition coefficient (Wildman–Crippen LogP) is 7.06. The van der Waals surface area contributed by atoms with E-state index in [1.54, 1.807) is 18.3 Å². The zero-order valence-electron chi connectivity index (χ0n) is 23.4. The highest BCUT2D eigenvalue weighted by Crippen LogP contribution is 2.30. The maximum atomic E-state index is 13.0. The Morgan fingerprint density at radius 2 is 1.51 bits per heavy atom. The monoisotopic (exact) mass is 582 g/mol. The van der Waals surface area contributed by atoms with Gasteiger partial charge in [-0.2, -0.15) is 13.2 Å². The molecule has 1 fully saturated rings. The number of anilines is 4. The Balaban J connectivity index is 1.10. The highest BCUT2D eigenvalue weighted by molar-refractivity contribution is 6.04. The van der Waals surface area contributed by atoms with Gasteiger partial charge in [-0.3, -0.25) is 4.79 Å². The van der Waals surface area contributed by atoms with Gasteiger partial charge in [0.25, 0.3) is 5.91 Å².